The first-order chi connectivity index (χ1) is 7.59. The average Bonchev–Trinajstić information content (AvgIpc) is 2.54. The molecule has 0 radical (unpaired) electrons. The van der Waals surface area contributed by atoms with Crippen molar-refractivity contribution < 1.29 is 14.3 Å². The van der Waals surface area contributed by atoms with Gasteiger partial charge in [-0.25, -0.2) is 9.37 Å². The van der Waals surface area contributed by atoms with Crippen LogP contribution in [0.2, 0.25) is 0 Å². The second-order valence-corrected chi connectivity index (χ2v) is 3.58. The number of aromatic nitrogens is 2. The Bertz CT molecular complexity index is 548. The van der Waals surface area contributed by atoms with Gasteiger partial charge in [0.25, 0.3) is 0 Å². The van der Waals surface area contributed by atoms with Gasteiger partial charge in [0.1, 0.15) is 17.2 Å². The number of nitrogens with zero attached hydrogens (tertiary/aromatic N) is 2. The van der Waals surface area contributed by atoms with Gasteiger partial charge in [-0.2, -0.15) is 0 Å². The summed E-state index contributed by atoms with van der Waals surface area (Å²) in [6.07, 6.45) is 1.98. The lowest BCUT2D eigenvalue weighted by Gasteiger charge is -1.99. The average molecular weight is 222 g/mol. The van der Waals surface area contributed by atoms with Gasteiger partial charge in [-0.15, -0.1) is 0 Å². The maximum absolute atomic E-state index is 13.5. The van der Waals surface area contributed by atoms with E-state index in [1.807, 2.05) is 0 Å². The van der Waals surface area contributed by atoms with Crippen molar-refractivity contribution in [2.45, 2.75) is 19.8 Å². The minimum atomic E-state index is -0.884. The van der Waals surface area contributed by atoms with E-state index in [0.717, 1.165) is 0 Å². The maximum atomic E-state index is 13.5. The van der Waals surface area contributed by atoms with Gasteiger partial charge in [-0.05, 0) is 19.1 Å². The van der Waals surface area contributed by atoms with Crippen LogP contribution in [0.4, 0.5) is 4.39 Å². The molecule has 2 heterocycles. The topological polar surface area (TPSA) is 54.6 Å². The third kappa shape index (κ3) is 1.76. The molecule has 0 aliphatic heterocycles. The smallest absolute Gasteiger partial charge is 0.303 e. The summed E-state index contributed by atoms with van der Waals surface area (Å²) >= 11 is 0. The lowest BCUT2D eigenvalue weighted by molar-refractivity contribution is -0.137. The molecule has 0 aliphatic carbocycles. The number of carboxylic acids is 1. The van der Waals surface area contributed by atoms with Gasteiger partial charge in [-0.1, -0.05) is 0 Å². The van der Waals surface area contributed by atoms with Gasteiger partial charge in [0.15, 0.2) is 0 Å². The quantitative estimate of drug-likeness (QED) is 0.861. The second-order valence-electron chi connectivity index (χ2n) is 3.58. The molecule has 2 rings (SSSR count). The maximum Gasteiger partial charge on any atom is 0.303 e. The zero-order valence-electron chi connectivity index (χ0n) is 8.77. The van der Waals surface area contributed by atoms with Crippen molar-refractivity contribution in [2.24, 2.45) is 0 Å². The summed E-state index contributed by atoms with van der Waals surface area (Å²) in [6.45, 7) is 1.71. The van der Waals surface area contributed by atoms with Crippen LogP contribution >= 0.6 is 0 Å². The Morgan fingerprint density at radius 1 is 1.62 bits per heavy atom. The number of halogens is 1. The van der Waals surface area contributed by atoms with Crippen molar-refractivity contribution in [3.8, 4) is 0 Å². The fraction of sp³-hybridized carbons (Fsp3) is 0.273. The summed E-state index contributed by atoms with van der Waals surface area (Å²) in [5, 5.41) is 8.60. The first-order valence-corrected chi connectivity index (χ1v) is 4.93. The lowest BCUT2D eigenvalue weighted by atomic mass is 10.3. The van der Waals surface area contributed by atoms with Crippen molar-refractivity contribution in [2.75, 3.05) is 0 Å². The molecule has 0 atom stereocenters. The van der Waals surface area contributed by atoms with Crippen molar-refractivity contribution in [3.05, 3.63) is 35.7 Å². The number of imidazole rings is 1. The number of carboxylic acid groups (broad SMARTS) is 1. The van der Waals surface area contributed by atoms with E-state index in [1.165, 1.54) is 6.07 Å². The molecule has 5 heteroatoms. The Balaban J connectivity index is 2.47. The van der Waals surface area contributed by atoms with E-state index in [0.29, 0.717) is 23.5 Å². The Morgan fingerprint density at radius 3 is 3.06 bits per heavy atom. The van der Waals surface area contributed by atoms with E-state index >= 15 is 0 Å². The van der Waals surface area contributed by atoms with Crippen LogP contribution in [-0.2, 0) is 11.2 Å². The summed E-state index contributed by atoms with van der Waals surface area (Å²) in [6, 6.07) is 2.94. The third-order valence-corrected chi connectivity index (χ3v) is 2.42. The molecule has 0 saturated heterocycles. The minimum absolute atomic E-state index is 0.00489. The van der Waals surface area contributed by atoms with Crippen LogP contribution in [0.5, 0.6) is 0 Å². The Kier molecular flexibility index (Phi) is 2.60. The molecule has 0 amide bonds. The molecule has 0 unspecified atom stereocenters. The fourth-order valence-electron chi connectivity index (χ4n) is 1.74. The van der Waals surface area contributed by atoms with Crippen molar-refractivity contribution in [3.63, 3.8) is 0 Å². The molecule has 0 spiro atoms. The molecule has 2 aromatic rings. The number of hydrogen-bond acceptors (Lipinski definition) is 2. The van der Waals surface area contributed by atoms with Crippen LogP contribution in [0.25, 0.3) is 5.52 Å². The van der Waals surface area contributed by atoms with Gasteiger partial charge >= 0.3 is 5.97 Å². The first-order valence-electron chi connectivity index (χ1n) is 4.93. The van der Waals surface area contributed by atoms with Crippen LogP contribution < -0.4 is 0 Å². The molecule has 16 heavy (non-hydrogen) atoms. The van der Waals surface area contributed by atoms with Crippen molar-refractivity contribution >= 4 is 11.5 Å². The number of rotatable bonds is 3. The van der Waals surface area contributed by atoms with Crippen LogP contribution in [0.15, 0.2) is 18.3 Å². The van der Waals surface area contributed by atoms with E-state index in [1.54, 1.807) is 23.6 Å². The number of pyridine rings is 1. The van der Waals surface area contributed by atoms with Crippen LogP contribution in [-0.4, -0.2) is 20.5 Å². The van der Waals surface area contributed by atoms with Gasteiger partial charge in [-0.3, -0.25) is 4.79 Å². The second kappa shape index (κ2) is 3.92. The van der Waals surface area contributed by atoms with Crippen LogP contribution in [0, 0.1) is 12.7 Å². The van der Waals surface area contributed by atoms with E-state index < -0.39 is 5.97 Å². The highest BCUT2D eigenvalue weighted by molar-refractivity contribution is 5.67. The first kappa shape index (κ1) is 10.6. The molecule has 0 saturated carbocycles. The number of fused-ring (bicyclic) bond motifs is 1. The molecule has 4 nitrogen and oxygen atoms in total. The van der Waals surface area contributed by atoms with Crippen LogP contribution in [0.1, 0.15) is 17.9 Å². The molecule has 0 aliphatic rings. The van der Waals surface area contributed by atoms with Gasteiger partial charge in [0.05, 0.1) is 12.1 Å². The number of carbonyl (C=O) groups is 1. The summed E-state index contributed by atoms with van der Waals surface area (Å²) in [5.74, 6) is -0.644. The highest BCUT2D eigenvalue weighted by Gasteiger charge is 2.12. The molecule has 0 aromatic carbocycles. The number of aliphatic carboxylic acids is 1. The van der Waals surface area contributed by atoms with Crippen molar-refractivity contribution in [1.29, 1.82) is 0 Å². The highest BCUT2D eigenvalue weighted by Crippen LogP contribution is 2.16. The van der Waals surface area contributed by atoms with Gasteiger partial charge in [0.2, 0.25) is 0 Å². The van der Waals surface area contributed by atoms with Crippen molar-refractivity contribution in [1.82, 2.24) is 9.38 Å². The largest absolute Gasteiger partial charge is 0.481 e. The van der Waals surface area contributed by atoms with E-state index in [-0.39, 0.29) is 12.2 Å². The molecular formula is C11H11FN2O2. The van der Waals surface area contributed by atoms with Gasteiger partial charge in [0, 0.05) is 12.6 Å². The fourth-order valence-corrected chi connectivity index (χ4v) is 1.74. The summed E-state index contributed by atoms with van der Waals surface area (Å²) in [5.41, 5.74) is 1.00. The summed E-state index contributed by atoms with van der Waals surface area (Å²) < 4.78 is 15.1. The Labute approximate surface area is 91.4 Å². The molecule has 1 N–H and O–H groups in total. The molecule has 0 bridgehead atoms. The highest BCUT2D eigenvalue weighted by atomic mass is 19.1. The molecule has 2 aromatic heterocycles. The Morgan fingerprint density at radius 2 is 2.38 bits per heavy atom. The zero-order valence-corrected chi connectivity index (χ0v) is 8.77. The van der Waals surface area contributed by atoms with Gasteiger partial charge < -0.3 is 9.51 Å². The summed E-state index contributed by atoms with van der Waals surface area (Å²) in [4.78, 5) is 14.7. The predicted molar refractivity (Wildman–Crippen MR) is 55.8 cm³/mol. The minimum Gasteiger partial charge on any atom is -0.481 e. The summed E-state index contributed by atoms with van der Waals surface area (Å²) in [7, 11) is 0. The van der Waals surface area contributed by atoms with E-state index in [2.05, 4.69) is 4.98 Å². The monoisotopic (exact) mass is 222 g/mol. The Hall–Kier alpha value is -1.91. The van der Waals surface area contributed by atoms with Crippen LogP contribution in [0.3, 0.4) is 0 Å². The third-order valence-electron chi connectivity index (χ3n) is 2.42. The van der Waals surface area contributed by atoms with E-state index in [9.17, 15) is 9.18 Å². The number of aryl methyl sites for hydroxylation is 2. The molecule has 0 fully saturated rings. The lowest BCUT2D eigenvalue weighted by Crippen LogP contribution is -2.01. The normalized spacial score (nSPS) is 10.9. The molecular weight excluding hydrogens is 211 g/mol. The molecule has 84 valence electrons. The standard InChI is InChI=1S/C11H11FN2O2/c1-7-11-8(12)3-2-6-14(11)9(13-7)4-5-10(15)16/h2-3,6H,4-5H2,1H3,(H,15,16). The SMILES string of the molecule is Cc1nc(CCC(=O)O)n2cccc(F)c12. The predicted octanol–water partition coefficient (Wildman–Crippen LogP) is 1.80. The van der Waals surface area contributed by atoms with E-state index in [4.69, 9.17) is 5.11 Å². The number of hydrogen-bond donors (Lipinski definition) is 1. The zero-order chi connectivity index (χ0) is 11.7.